The van der Waals surface area contributed by atoms with Gasteiger partial charge >= 0.3 is 0 Å². The van der Waals surface area contributed by atoms with Crippen molar-refractivity contribution >= 4 is 34.6 Å². The fourth-order valence-corrected chi connectivity index (χ4v) is 2.26. The largest absolute Gasteiger partial charge is 0.289 e. The summed E-state index contributed by atoms with van der Waals surface area (Å²) in [6.45, 7) is 0. The second-order valence-corrected chi connectivity index (χ2v) is 4.87. The molecule has 2 heterocycles. The highest BCUT2D eigenvalue weighted by atomic mass is 35.5. The van der Waals surface area contributed by atoms with Gasteiger partial charge in [0.2, 0.25) is 5.78 Å². The third-order valence-electron chi connectivity index (χ3n) is 2.76. The van der Waals surface area contributed by atoms with Crippen LogP contribution < -0.4 is 0 Å². The molecule has 0 spiro atoms. The van der Waals surface area contributed by atoms with E-state index in [0.717, 1.165) is 0 Å². The Morgan fingerprint density at radius 3 is 2.63 bits per heavy atom. The minimum absolute atomic E-state index is 0.178. The molecular formula is C14H8Cl2N2O. The van der Waals surface area contributed by atoms with Crippen LogP contribution in [-0.4, -0.2) is 15.2 Å². The Bertz CT molecular complexity index is 780. The number of aromatic nitrogens is 2. The third-order valence-corrected chi connectivity index (χ3v) is 3.31. The van der Waals surface area contributed by atoms with Crippen LogP contribution in [0.2, 0.25) is 10.2 Å². The van der Waals surface area contributed by atoms with Gasteiger partial charge in [0.15, 0.2) is 0 Å². The maximum atomic E-state index is 12.3. The van der Waals surface area contributed by atoms with Crippen molar-refractivity contribution in [3.05, 3.63) is 70.1 Å². The second-order valence-electron chi connectivity index (χ2n) is 4.04. The number of rotatable bonds is 2. The summed E-state index contributed by atoms with van der Waals surface area (Å²) in [7, 11) is 0. The lowest BCUT2D eigenvalue weighted by atomic mass is 10.1. The quantitative estimate of drug-likeness (QED) is 0.530. The van der Waals surface area contributed by atoms with Gasteiger partial charge in [-0.05, 0) is 24.3 Å². The topological polar surface area (TPSA) is 34.4 Å². The molecule has 5 heteroatoms. The maximum absolute atomic E-state index is 12.3. The van der Waals surface area contributed by atoms with Crippen LogP contribution in [0.25, 0.3) is 5.65 Å². The zero-order chi connectivity index (χ0) is 13.4. The molecule has 3 rings (SSSR count). The van der Waals surface area contributed by atoms with E-state index in [1.54, 1.807) is 53.1 Å². The molecular weight excluding hydrogens is 283 g/mol. The minimum atomic E-state index is -0.178. The highest BCUT2D eigenvalue weighted by molar-refractivity contribution is 6.31. The Hall–Kier alpha value is -1.84. The van der Waals surface area contributed by atoms with Crippen LogP contribution in [0.5, 0.6) is 0 Å². The van der Waals surface area contributed by atoms with E-state index >= 15 is 0 Å². The Morgan fingerprint density at radius 2 is 1.89 bits per heavy atom. The van der Waals surface area contributed by atoms with Gasteiger partial charge in [0.1, 0.15) is 16.5 Å². The monoisotopic (exact) mass is 290 g/mol. The molecule has 94 valence electrons. The first-order valence-electron chi connectivity index (χ1n) is 5.59. The highest BCUT2D eigenvalue weighted by Crippen LogP contribution is 2.17. The predicted molar refractivity (Wildman–Crippen MR) is 75.1 cm³/mol. The molecule has 0 N–H and O–H groups in total. The number of benzene rings is 1. The van der Waals surface area contributed by atoms with Crippen molar-refractivity contribution in [1.82, 2.24) is 9.38 Å². The van der Waals surface area contributed by atoms with Crippen LogP contribution in [0.3, 0.4) is 0 Å². The molecule has 0 saturated heterocycles. The number of carbonyl (C=O) groups excluding carboxylic acids is 1. The fourth-order valence-electron chi connectivity index (χ4n) is 1.86. The molecule has 3 aromatic rings. The van der Waals surface area contributed by atoms with Crippen LogP contribution in [0.15, 0.2) is 48.7 Å². The summed E-state index contributed by atoms with van der Waals surface area (Å²) < 4.78 is 1.67. The van der Waals surface area contributed by atoms with E-state index in [1.165, 1.54) is 0 Å². The summed E-state index contributed by atoms with van der Waals surface area (Å²) in [5, 5.41) is 1.03. The fraction of sp³-hybridized carbons (Fsp3) is 0. The molecule has 3 nitrogen and oxygen atoms in total. The number of hydrogen-bond acceptors (Lipinski definition) is 2. The molecule has 0 radical (unpaired) electrons. The molecule has 19 heavy (non-hydrogen) atoms. The average Bonchev–Trinajstić information content (AvgIpc) is 2.83. The molecule has 0 saturated carbocycles. The number of imidazole rings is 1. The number of hydrogen-bond donors (Lipinski definition) is 0. The van der Waals surface area contributed by atoms with Gasteiger partial charge in [-0.25, -0.2) is 4.98 Å². The Labute approximate surface area is 119 Å². The van der Waals surface area contributed by atoms with Gasteiger partial charge in [-0.2, -0.15) is 0 Å². The molecule has 2 aromatic heterocycles. The van der Waals surface area contributed by atoms with E-state index in [2.05, 4.69) is 4.98 Å². The smallest absolute Gasteiger partial charge is 0.213 e. The average molecular weight is 291 g/mol. The summed E-state index contributed by atoms with van der Waals surface area (Å²) in [6.07, 6.45) is 1.63. The van der Waals surface area contributed by atoms with Crippen LogP contribution >= 0.6 is 23.2 Å². The van der Waals surface area contributed by atoms with Gasteiger partial charge in [0.05, 0.1) is 0 Å². The summed E-state index contributed by atoms with van der Waals surface area (Å²) in [4.78, 5) is 16.6. The molecule has 0 amide bonds. The lowest BCUT2D eigenvalue weighted by molar-refractivity contribution is 0.103. The van der Waals surface area contributed by atoms with E-state index in [1.807, 2.05) is 0 Å². The van der Waals surface area contributed by atoms with Gasteiger partial charge < -0.3 is 0 Å². The van der Waals surface area contributed by atoms with Gasteiger partial charge in [-0.3, -0.25) is 9.20 Å². The normalized spacial score (nSPS) is 10.8. The number of nitrogens with zero attached hydrogens (tertiary/aromatic N) is 2. The highest BCUT2D eigenvalue weighted by Gasteiger charge is 2.14. The molecule has 1 aromatic carbocycles. The Kier molecular flexibility index (Phi) is 3.01. The molecule has 0 aliphatic carbocycles. The first kappa shape index (κ1) is 12.2. The van der Waals surface area contributed by atoms with E-state index in [4.69, 9.17) is 23.2 Å². The van der Waals surface area contributed by atoms with Crippen LogP contribution in [0.1, 0.15) is 16.1 Å². The lowest BCUT2D eigenvalue weighted by Gasteiger charge is -1.97. The molecule has 0 bridgehead atoms. The van der Waals surface area contributed by atoms with Crippen molar-refractivity contribution in [2.45, 2.75) is 0 Å². The number of fused-ring (bicyclic) bond motifs is 1. The summed E-state index contributed by atoms with van der Waals surface area (Å²) in [6, 6.07) is 12.1. The lowest BCUT2D eigenvalue weighted by Crippen LogP contribution is -2.01. The molecule has 0 atom stereocenters. The van der Waals surface area contributed by atoms with E-state index in [-0.39, 0.29) is 5.78 Å². The van der Waals surface area contributed by atoms with E-state index < -0.39 is 0 Å². The minimum Gasteiger partial charge on any atom is -0.289 e. The molecule has 0 aliphatic rings. The Morgan fingerprint density at radius 1 is 1.11 bits per heavy atom. The zero-order valence-electron chi connectivity index (χ0n) is 9.68. The number of ketones is 1. The van der Waals surface area contributed by atoms with Crippen molar-refractivity contribution < 1.29 is 4.79 Å². The van der Waals surface area contributed by atoms with Gasteiger partial charge in [0.25, 0.3) is 0 Å². The van der Waals surface area contributed by atoms with Crippen LogP contribution in [0, 0.1) is 0 Å². The Balaban J connectivity index is 2.09. The van der Waals surface area contributed by atoms with E-state index in [9.17, 15) is 4.79 Å². The number of carbonyl (C=O) groups is 1. The molecule has 0 aliphatic heterocycles. The summed E-state index contributed by atoms with van der Waals surface area (Å²) in [5.41, 5.74) is 1.49. The standard InChI is InChI=1S/C14H8Cl2N2O/c15-10-4-1-3-9(7-10)14(19)11-8-18-12(16)5-2-6-13(18)17-11/h1-8H. The number of halogens is 2. The van der Waals surface area contributed by atoms with Crippen molar-refractivity contribution in [1.29, 1.82) is 0 Å². The number of pyridine rings is 1. The van der Waals surface area contributed by atoms with Crippen molar-refractivity contribution in [3.8, 4) is 0 Å². The summed E-state index contributed by atoms with van der Waals surface area (Å²) in [5.74, 6) is -0.178. The molecule has 0 unspecified atom stereocenters. The van der Waals surface area contributed by atoms with Crippen LogP contribution in [-0.2, 0) is 0 Å². The van der Waals surface area contributed by atoms with E-state index in [0.29, 0.717) is 27.1 Å². The summed E-state index contributed by atoms with van der Waals surface area (Å²) >= 11 is 11.9. The maximum Gasteiger partial charge on any atom is 0.213 e. The third kappa shape index (κ3) is 2.23. The van der Waals surface area contributed by atoms with Crippen molar-refractivity contribution in [2.75, 3.05) is 0 Å². The molecule has 0 fully saturated rings. The second kappa shape index (κ2) is 4.68. The van der Waals surface area contributed by atoms with Crippen molar-refractivity contribution in [2.24, 2.45) is 0 Å². The predicted octanol–water partition coefficient (Wildman–Crippen LogP) is 3.87. The van der Waals surface area contributed by atoms with Gasteiger partial charge in [-0.1, -0.05) is 41.4 Å². The zero-order valence-corrected chi connectivity index (χ0v) is 11.2. The van der Waals surface area contributed by atoms with Gasteiger partial charge in [-0.15, -0.1) is 0 Å². The van der Waals surface area contributed by atoms with Crippen LogP contribution in [0.4, 0.5) is 0 Å². The van der Waals surface area contributed by atoms with Gasteiger partial charge in [0, 0.05) is 16.8 Å². The van der Waals surface area contributed by atoms with Crippen molar-refractivity contribution in [3.63, 3.8) is 0 Å². The first-order valence-corrected chi connectivity index (χ1v) is 6.34. The SMILES string of the molecule is O=C(c1cccc(Cl)c1)c1cn2c(Cl)cccc2n1. The first-order chi connectivity index (χ1) is 9.15.